The number of rotatable bonds is 6. The molecule has 20 heavy (non-hydrogen) atoms. The van der Waals surface area contributed by atoms with E-state index in [1.165, 1.54) is 18.2 Å². The lowest BCUT2D eigenvalue weighted by molar-refractivity contribution is -0.131. The van der Waals surface area contributed by atoms with E-state index in [4.69, 9.17) is 14.6 Å². The SMILES string of the molecule is CC(C)(C)OCCOc1ccc(/C=C/C(=O)O)cc1F. The molecule has 1 N–H and O–H groups in total. The van der Waals surface area contributed by atoms with Gasteiger partial charge in [-0.25, -0.2) is 9.18 Å². The van der Waals surface area contributed by atoms with Gasteiger partial charge in [0.15, 0.2) is 11.6 Å². The number of hydrogen-bond donors (Lipinski definition) is 1. The maximum Gasteiger partial charge on any atom is 0.328 e. The molecule has 0 saturated heterocycles. The Balaban J connectivity index is 2.54. The summed E-state index contributed by atoms with van der Waals surface area (Å²) in [4.78, 5) is 10.4. The van der Waals surface area contributed by atoms with Crippen LogP contribution in [0.1, 0.15) is 26.3 Å². The largest absolute Gasteiger partial charge is 0.488 e. The molecule has 0 aromatic heterocycles. The monoisotopic (exact) mass is 282 g/mol. The highest BCUT2D eigenvalue weighted by molar-refractivity contribution is 5.85. The molecular weight excluding hydrogens is 263 g/mol. The van der Waals surface area contributed by atoms with Crippen molar-refractivity contribution in [1.29, 1.82) is 0 Å². The molecular formula is C15H19FO4. The number of carboxylic acids is 1. The van der Waals surface area contributed by atoms with Crippen LogP contribution >= 0.6 is 0 Å². The van der Waals surface area contributed by atoms with E-state index in [2.05, 4.69) is 0 Å². The smallest absolute Gasteiger partial charge is 0.328 e. The van der Waals surface area contributed by atoms with Crippen molar-refractivity contribution in [2.45, 2.75) is 26.4 Å². The van der Waals surface area contributed by atoms with Crippen molar-refractivity contribution < 1.29 is 23.8 Å². The van der Waals surface area contributed by atoms with Crippen LogP contribution in [0.2, 0.25) is 0 Å². The average Bonchev–Trinajstić information content (AvgIpc) is 2.32. The molecule has 0 atom stereocenters. The molecule has 0 saturated carbocycles. The van der Waals surface area contributed by atoms with Crippen molar-refractivity contribution >= 4 is 12.0 Å². The molecule has 0 radical (unpaired) electrons. The van der Waals surface area contributed by atoms with E-state index in [9.17, 15) is 9.18 Å². The summed E-state index contributed by atoms with van der Waals surface area (Å²) in [5.41, 5.74) is 0.205. The zero-order chi connectivity index (χ0) is 15.2. The first kappa shape index (κ1) is 16.2. The first-order valence-electron chi connectivity index (χ1n) is 6.25. The summed E-state index contributed by atoms with van der Waals surface area (Å²) in [6, 6.07) is 4.27. The van der Waals surface area contributed by atoms with Crippen LogP contribution < -0.4 is 4.74 Å². The van der Waals surface area contributed by atoms with Gasteiger partial charge in [-0.1, -0.05) is 6.07 Å². The standard InChI is InChI=1S/C15H19FO4/c1-15(2,3)20-9-8-19-13-6-4-11(10-12(13)16)5-7-14(17)18/h4-7,10H,8-9H2,1-3H3,(H,17,18)/b7-5+. The quantitative estimate of drug-likeness (QED) is 0.643. The second-order valence-corrected chi connectivity index (χ2v) is 5.17. The topological polar surface area (TPSA) is 55.8 Å². The Kier molecular flexibility index (Phi) is 5.70. The number of ether oxygens (including phenoxy) is 2. The predicted molar refractivity (Wildman–Crippen MR) is 74.3 cm³/mol. The van der Waals surface area contributed by atoms with Gasteiger partial charge in [-0.2, -0.15) is 0 Å². The van der Waals surface area contributed by atoms with Crippen molar-refractivity contribution in [2.24, 2.45) is 0 Å². The van der Waals surface area contributed by atoms with Crippen LogP contribution in [0.25, 0.3) is 6.08 Å². The van der Waals surface area contributed by atoms with E-state index in [0.717, 1.165) is 6.08 Å². The van der Waals surface area contributed by atoms with E-state index in [0.29, 0.717) is 12.2 Å². The second-order valence-electron chi connectivity index (χ2n) is 5.17. The van der Waals surface area contributed by atoms with Gasteiger partial charge >= 0.3 is 5.97 Å². The van der Waals surface area contributed by atoms with Crippen LogP contribution in [-0.4, -0.2) is 29.9 Å². The molecule has 0 heterocycles. The van der Waals surface area contributed by atoms with E-state index in [-0.39, 0.29) is 18.0 Å². The van der Waals surface area contributed by atoms with Crippen molar-refractivity contribution in [3.05, 3.63) is 35.7 Å². The zero-order valence-corrected chi connectivity index (χ0v) is 11.9. The van der Waals surface area contributed by atoms with Gasteiger partial charge in [0.25, 0.3) is 0 Å². The summed E-state index contributed by atoms with van der Waals surface area (Å²) in [5.74, 6) is -1.49. The van der Waals surface area contributed by atoms with Crippen LogP contribution in [-0.2, 0) is 9.53 Å². The highest BCUT2D eigenvalue weighted by Crippen LogP contribution is 2.19. The third kappa shape index (κ3) is 6.33. The average molecular weight is 282 g/mol. The lowest BCUT2D eigenvalue weighted by Gasteiger charge is -2.19. The Hall–Kier alpha value is -1.88. The van der Waals surface area contributed by atoms with E-state index in [1.807, 2.05) is 20.8 Å². The second kappa shape index (κ2) is 7.05. The van der Waals surface area contributed by atoms with Crippen molar-refractivity contribution in [2.75, 3.05) is 13.2 Å². The first-order valence-corrected chi connectivity index (χ1v) is 6.25. The molecule has 5 heteroatoms. The van der Waals surface area contributed by atoms with Crippen LogP contribution in [0.3, 0.4) is 0 Å². The van der Waals surface area contributed by atoms with Crippen molar-refractivity contribution in [3.8, 4) is 5.75 Å². The molecule has 1 aromatic carbocycles. The van der Waals surface area contributed by atoms with Gasteiger partial charge in [0, 0.05) is 6.08 Å². The summed E-state index contributed by atoms with van der Waals surface area (Å²) in [6.07, 6.45) is 2.27. The Bertz CT molecular complexity index is 489. The summed E-state index contributed by atoms with van der Waals surface area (Å²) in [6.45, 7) is 6.40. The summed E-state index contributed by atoms with van der Waals surface area (Å²) in [7, 11) is 0. The molecule has 0 bridgehead atoms. The normalized spacial score (nSPS) is 11.8. The number of benzene rings is 1. The number of halogens is 1. The minimum atomic E-state index is -1.08. The predicted octanol–water partition coefficient (Wildman–Crippen LogP) is 3.12. The first-order chi connectivity index (χ1) is 9.28. The molecule has 1 aromatic rings. The molecule has 110 valence electrons. The third-order valence-electron chi connectivity index (χ3n) is 2.25. The van der Waals surface area contributed by atoms with Gasteiger partial charge in [0.1, 0.15) is 6.61 Å². The molecule has 0 aliphatic rings. The number of aliphatic carboxylic acids is 1. The van der Waals surface area contributed by atoms with Gasteiger partial charge in [-0.05, 0) is 44.5 Å². The summed E-state index contributed by atoms with van der Waals surface area (Å²) >= 11 is 0. The van der Waals surface area contributed by atoms with Gasteiger partial charge in [0.05, 0.1) is 12.2 Å². The zero-order valence-electron chi connectivity index (χ0n) is 11.9. The molecule has 0 aliphatic carbocycles. The van der Waals surface area contributed by atoms with E-state index >= 15 is 0 Å². The third-order valence-corrected chi connectivity index (χ3v) is 2.25. The fourth-order valence-electron chi connectivity index (χ4n) is 1.40. The number of carboxylic acid groups (broad SMARTS) is 1. The Morgan fingerprint density at radius 3 is 2.60 bits per heavy atom. The molecule has 0 amide bonds. The van der Waals surface area contributed by atoms with Crippen LogP contribution in [0.5, 0.6) is 5.75 Å². The highest BCUT2D eigenvalue weighted by Gasteiger charge is 2.10. The molecule has 4 nitrogen and oxygen atoms in total. The minimum Gasteiger partial charge on any atom is -0.488 e. The van der Waals surface area contributed by atoms with Gasteiger partial charge in [0.2, 0.25) is 0 Å². The number of hydrogen-bond acceptors (Lipinski definition) is 3. The van der Waals surface area contributed by atoms with Crippen molar-refractivity contribution in [3.63, 3.8) is 0 Å². The van der Waals surface area contributed by atoms with Crippen molar-refractivity contribution in [1.82, 2.24) is 0 Å². The summed E-state index contributed by atoms with van der Waals surface area (Å²) in [5, 5.41) is 8.49. The molecule has 0 spiro atoms. The Labute approximate surface area is 117 Å². The lowest BCUT2D eigenvalue weighted by atomic mass is 10.2. The fraction of sp³-hybridized carbons (Fsp3) is 0.400. The minimum absolute atomic E-state index is 0.120. The van der Waals surface area contributed by atoms with Gasteiger partial charge < -0.3 is 14.6 Å². The highest BCUT2D eigenvalue weighted by atomic mass is 19.1. The fourth-order valence-corrected chi connectivity index (χ4v) is 1.40. The molecule has 0 fully saturated rings. The molecule has 1 rings (SSSR count). The van der Waals surface area contributed by atoms with Gasteiger partial charge in [-0.3, -0.25) is 0 Å². The maximum absolute atomic E-state index is 13.7. The van der Waals surface area contributed by atoms with Gasteiger partial charge in [-0.15, -0.1) is 0 Å². The Morgan fingerprint density at radius 2 is 2.05 bits per heavy atom. The van der Waals surface area contributed by atoms with Crippen LogP contribution in [0, 0.1) is 5.82 Å². The summed E-state index contributed by atoms with van der Waals surface area (Å²) < 4.78 is 24.4. The maximum atomic E-state index is 13.7. The molecule has 0 unspecified atom stereocenters. The van der Waals surface area contributed by atoms with E-state index < -0.39 is 11.8 Å². The van der Waals surface area contributed by atoms with Crippen LogP contribution in [0.15, 0.2) is 24.3 Å². The van der Waals surface area contributed by atoms with Crippen LogP contribution in [0.4, 0.5) is 4.39 Å². The lowest BCUT2D eigenvalue weighted by Crippen LogP contribution is -2.22. The molecule has 0 aliphatic heterocycles. The Morgan fingerprint density at radius 1 is 1.35 bits per heavy atom. The number of carbonyl (C=O) groups is 1. The van der Waals surface area contributed by atoms with E-state index in [1.54, 1.807) is 6.07 Å².